The molecule has 0 heterocycles. The fourth-order valence-corrected chi connectivity index (χ4v) is 0.297. The van der Waals surface area contributed by atoms with E-state index in [1.165, 1.54) is 0 Å². The number of carbonyl (C=O) groups excluding carboxylic acids is 2. The van der Waals surface area contributed by atoms with E-state index in [9.17, 15) is 9.59 Å². The summed E-state index contributed by atoms with van der Waals surface area (Å²) in [6.45, 7) is 6.40. The highest BCUT2D eigenvalue weighted by Gasteiger charge is 2.10. The summed E-state index contributed by atoms with van der Waals surface area (Å²) in [6.07, 6.45) is 0. The van der Waals surface area contributed by atoms with Crippen LogP contribution in [-0.2, 0) is 9.59 Å². The molecule has 0 bridgehead atoms. The molecule has 0 spiro atoms. The van der Waals surface area contributed by atoms with Crippen molar-refractivity contribution in [2.24, 2.45) is 11.5 Å². The van der Waals surface area contributed by atoms with Crippen molar-refractivity contribution in [3.63, 3.8) is 0 Å². The van der Waals surface area contributed by atoms with Crippen LogP contribution >= 0.6 is 0 Å². The molecular weight excluding hydrogens is 132 g/mol. The molecule has 4 heteroatoms. The molecule has 0 radical (unpaired) electrons. The van der Waals surface area contributed by atoms with Gasteiger partial charge >= 0.3 is 0 Å². The summed E-state index contributed by atoms with van der Waals surface area (Å²) in [5.74, 6) is -1.58. The van der Waals surface area contributed by atoms with Crippen LogP contribution in [0.3, 0.4) is 0 Å². The lowest BCUT2D eigenvalue weighted by Gasteiger charge is -1.98. The van der Waals surface area contributed by atoms with Crippen LogP contribution in [-0.4, -0.2) is 11.8 Å². The van der Waals surface area contributed by atoms with Gasteiger partial charge in [-0.15, -0.1) is 0 Å². The molecule has 2 amide bonds. The van der Waals surface area contributed by atoms with Gasteiger partial charge in [-0.05, 0) is 0 Å². The SMILES string of the molecule is C=C(C(=C)C(N)=O)C(N)=O. The highest BCUT2D eigenvalue weighted by atomic mass is 16.2. The van der Waals surface area contributed by atoms with Crippen molar-refractivity contribution < 1.29 is 9.59 Å². The third-order valence-electron chi connectivity index (χ3n) is 0.959. The first-order chi connectivity index (χ1) is 4.46. The van der Waals surface area contributed by atoms with Crippen LogP contribution in [0.2, 0.25) is 0 Å². The number of carbonyl (C=O) groups is 2. The maximum absolute atomic E-state index is 10.3. The number of hydrogen-bond acceptors (Lipinski definition) is 2. The Hall–Kier alpha value is -1.58. The Labute approximate surface area is 58.2 Å². The van der Waals surface area contributed by atoms with Gasteiger partial charge in [0.1, 0.15) is 0 Å². The third-order valence-corrected chi connectivity index (χ3v) is 0.959. The van der Waals surface area contributed by atoms with E-state index in [-0.39, 0.29) is 11.1 Å². The monoisotopic (exact) mass is 140 g/mol. The van der Waals surface area contributed by atoms with E-state index < -0.39 is 11.8 Å². The molecule has 0 unspecified atom stereocenters. The van der Waals surface area contributed by atoms with Crippen LogP contribution in [0, 0.1) is 0 Å². The minimum absolute atomic E-state index is 0.146. The highest BCUT2D eigenvalue weighted by molar-refractivity contribution is 6.08. The van der Waals surface area contributed by atoms with Crippen LogP contribution < -0.4 is 11.5 Å². The van der Waals surface area contributed by atoms with Gasteiger partial charge in [-0.3, -0.25) is 9.59 Å². The van der Waals surface area contributed by atoms with Crippen LogP contribution in [0.25, 0.3) is 0 Å². The predicted octanol–water partition coefficient (Wildman–Crippen LogP) is -0.931. The van der Waals surface area contributed by atoms with Crippen LogP contribution in [0.4, 0.5) is 0 Å². The van der Waals surface area contributed by atoms with Crippen molar-refractivity contribution in [3.05, 3.63) is 24.3 Å². The van der Waals surface area contributed by atoms with Gasteiger partial charge in [0.05, 0.1) is 0 Å². The molecule has 0 aliphatic carbocycles. The minimum atomic E-state index is -0.788. The zero-order chi connectivity index (χ0) is 8.31. The van der Waals surface area contributed by atoms with Crippen molar-refractivity contribution in [1.82, 2.24) is 0 Å². The zero-order valence-electron chi connectivity index (χ0n) is 5.39. The number of amides is 2. The van der Waals surface area contributed by atoms with Crippen molar-refractivity contribution in [1.29, 1.82) is 0 Å². The van der Waals surface area contributed by atoms with Gasteiger partial charge in [-0.2, -0.15) is 0 Å². The first-order valence-electron chi connectivity index (χ1n) is 2.44. The summed E-state index contributed by atoms with van der Waals surface area (Å²) in [5.41, 5.74) is 9.24. The third kappa shape index (κ3) is 1.74. The molecule has 0 saturated carbocycles. The van der Waals surface area contributed by atoms with Gasteiger partial charge in [0, 0.05) is 11.1 Å². The zero-order valence-corrected chi connectivity index (χ0v) is 5.39. The fourth-order valence-electron chi connectivity index (χ4n) is 0.297. The molecule has 0 aliphatic heterocycles. The molecule has 4 N–H and O–H groups in total. The van der Waals surface area contributed by atoms with Crippen molar-refractivity contribution >= 4 is 11.8 Å². The van der Waals surface area contributed by atoms with Crippen molar-refractivity contribution in [2.45, 2.75) is 0 Å². The van der Waals surface area contributed by atoms with Gasteiger partial charge in [0.15, 0.2) is 0 Å². The van der Waals surface area contributed by atoms with E-state index in [2.05, 4.69) is 13.2 Å². The molecule has 0 aliphatic rings. The number of hydrogen-bond donors (Lipinski definition) is 2. The van der Waals surface area contributed by atoms with E-state index in [1.807, 2.05) is 0 Å². The van der Waals surface area contributed by atoms with Gasteiger partial charge in [0.2, 0.25) is 11.8 Å². The molecule has 0 aromatic rings. The summed E-state index contributed by atoms with van der Waals surface area (Å²) in [4.78, 5) is 20.6. The van der Waals surface area contributed by atoms with Gasteiger partial charge in [-0.1, -0.05) is 13.2 Å². The van der Waals surface area contributed by atoms with E-state index in [1.54, 1.807) is 0 Å². The Morgan fingerprint density at radius 3 is 1.20 bits per heavy atom. The molecule has 54 valence electrons. The van der Waals surface area contributed by atoms with Gasteiger partial charge < -0.3 is 11.5 Å². The highest BCUT2D eigenvalue weighted by Crippen LogP contribution is 2.01. The molecule has 0 atom stereocenters. The molecule has 0 saturated heterocycles. The van der Waals surface area contributed by atoms with Crippen molar-refractivity contribution in [2.75, 3.05) is 0 Å². The second-order valence-electron chi connectivity index (χ2n) is 1.69. The van der Waals surface area contributed by atoms with E-state index in [4.69, 9.17) is 11.5 Å². The van der Waals surface area contributed by atoms with Crippen LogP contribution in [0.5, 0.6) is 0 Å². The average Bonchev–Trinajstić information content (AvgIpc) is 1.84. The molecule has 0 aromatic carbocycles. The summed E-state index contributed by atoms with van der Waals surface area (Å²) in [5, 5.41) is 0. The number of rotatable bonds is 3. The quantitative estimate of drug-likeness (QED) is 0.392. The van der Waals surface area contributed by atoms with E-state index in [0.29, 0.717) is 0 Å². The Morgan fingerprint density at radius 2 is 1.10 bits per heavy atom. The smallest absolute Gasteiger partial charge is 0.248 e. The lowest BCUT2D eigenvalue weighted by molar-refractivity contribution is -0.117. The van der Waals surface area contributed by atoms with Crippen molar-refractivity contribution in [3.8, 4) is 0 Å². The van der Waals surface area contributed by atoms with Gasteiger partial charge in [0.25, 0.3) is 0 Å². The van der Waals surface area contributed by atoms with Gasteiger partial charge in [-0.25, -0.2) is 0 Å². The lowest BCUT2D eigenvalue weighted by Crippen LogP contribution is -2.22. The minimum Gasteiger partial charge on any atom is -0.366 e. The second-order valence-corrected chi connectivity index (χ2v) is 1.69. The van der Waals surface area contributed by atoms with E-state index in [0.717, 1.165) is 0 Å². The summed E-state index contributed by atoms with van der Waals surface area (Å²) in [6, 6.07) is 0. The van der Waals surface area contributed by atoms with E-state index >= 15 is 0 Å². The fraction of sp³-hybridized carbons (Fsp3) is 0. The second kappa shape index (κ2) is 2.82. The molecular formula is C6H8N2O2. The Morgan fingerprint density at radius 1 is 0.900 bits per heavy atom. The standard InChI is InChI=1S/C6H8N2O2/c1-3(5(7)9)4(2)6(8)10/h1-2H2,(H2,7,9)(H2,8,10). The maximum Gasteiger partial charge on any atom is 0.248 e. The number of primary amides is 2. The first-order valence-corrected chi connectivity index (χ1v) is 2.44. The largest absolute Gasteiger partial charge is 0.366 e. The van der Waals surface area contributed by atoms with Crippen LogP contribution in [0.1, 0.15) is 0 Å². The average molecular weight is 140 g/mol. The summed E-state index contributed by atoms with van der Waals surface area (Å²) in [7, 11) is 0. The first kappa shape index (κ1) is 8.42. The summed E-state index contributed by atoms with van der Waals surface area (Å²) >= 11 is 0. The summed E-state index contributed by atoms with van der Waals surface area (Å²) < 4.78 is 0. The molecule has 0 aromatic heterocycles. The molecule has 0 fully saturated rings. The lowest BCUT2D eigenvalue weighted by atomic mass is 10.1. The maximum atomic E-state index is 10.3. The normalized spacial score (nSPS) is 8.40. The topological polar surface area (TPSA) is 86.2 Å². The molecule has 4 nitrogen and oxygen atoms in total. The predicted molar refractivity (Wildman–Crippen MR) is 36.7 cm³/mol. The Kier molecular flexibility index (Phi) is 2.37. The molecule has 10 heavy (non-hydrogen) atoms. The molecule has 0 rings (SSSR count). The Balaban J connectivity index is 4.39. The van der Waals surface area contributed by atoms with Crippen LogP contribution in [0.15, 0.2) is 24.3 Å². The number of nitrogens with two attached hydrogens (primary N) is 2. The Bertz CT molecular complexity index is 194.